The van der Waals surface area contributed by atoms with Crippen LogP contribution in [-0.4, -0.2) is 19.2 Å². The number of hydrogen-bond acceptors (Lipinski definition) is 2. The number of halogens is 1. The molecule has 1 aliphatic heterocycles. The maximum absolute atomic E-state index is 6.00. The van der Waals surface area contributed by atoms with E-state index in [-0.39, 0.29) is 6.10 Å². The number of fused-ring (bicyclic) bond motifs is 1. The second-order valence-corrected chi connectivity index (χ2v) is 6.91. The molecule has 0 amide bonds. The predicted molar refractivity (Wildman–Crippen MR) is 81.1 cm³/mol. The van der Waals surface area contributed by atoms with E-state index >= 15 is 0 Å². The summed E-state index contributed by atoms with van der Waals surface area (Å²) in [6, 6.07) is 5.86. The average Bonchev–Trinajstić information content (AvgIpc) is 2.70. The third kappa shape index (κ3) is 3.64. The van der Waals surface area contributed by atoms with Crippen molar-refractivity contribution in [2.45, 2.75) is 40.2 Å². The second-order valence-electron chi connectivity index (χ2n) is 6.47. The molecule has 0 radical (unpaired) electrons. The smallest absolute Gasteiger partial charge is 0.123 e. The number of benzene rings is 1. The summed E-state index contributed by atoms with van der Waals surface area (Å²) in [7, 11) is 0. The highest BCUT2D eigenvalue weighted by Gasteiger charge is 2.25. The first-order valence-corrected chi connectivity index (χ1v) is 7.42. The second kappa shape index (κ2) is 5.72. The maximum Gasteiger partial charge on any atom is 0.123 e. The molecule has 2 nitrogen and oxygen atoms in total. The summed E-state index contributed by atoms with van der Waals surface area (Å²) in [5.74, 6) is 1.65. The fourth-order valence-corrected chi connectivity index (χ4v) is 2.36. The van der Waals surface area contributed by atoms with Gasteiger partial charge < -0.3 is 10.1 Å². The van der Waals surface area contributed by atoms with Gasteiger partial charge in [0.15, 0.2) is 0 Å². The van der Waals surface area contributed by atoms with Crippen LogP contribution in [0.25, 0.3) is 0 Å². The quantitative estimate of drug-likeness (QED) is 0.883. The normalized spacial score (nSPS) is 18.5. The van der Waals surface area contributed by atoms with E-state index in [9.17, 15) is 0 Å². The monoisotopic (exact) mass is 281 g/mol. The summed E-state index contributed by atoms with van der Waals surface area (Å²) in [5, 5.41) is 4.33. The zero-order valence-corrected chi connectivity index (χ0v) is 13.1. The van der Waals surface area contributed by atoms with Crippen molar-refractivity contribution in [3.05, 3.63) is 28.8 Å². The van der Waals surface area contributed by atoms with Gasteiger partial charge in [-0.05, 0) is 35.1 Å². The third-order valence-corrected chi connectivity index (χ3v) is 4.51. The predicted octanol–water partition coefficient (Wildman–Crippen LogP) is 3.92. The molecule has 0 saturated heterocycles. The van der Waals surface area contributed by atoms with Crippen molar-refractivity contribution in [2.75, 3.05) is 13.1 Å². The van der Waals surface area contributed by atoms with Crippen molar-refractivity contribution >= 4 is 11.6 Å². The molecular weight excluding hydrogens is 258 g/mol. The molecule has 0 saturated carbocycles. The number of rotatable bonds is 5. The molecule has 0 spiro atoms. The molecule has 19 heavy (non-hydrogen) atoms. The first-order valence-electron chi connectivity index (χ1n) is 7.04. The molecule has 0 bridgehead atoms. The Labute approximate surface area is 121 Å². The van der Waals surface area contributed by atoms with Crippen LogP contribution >= 0.6 is 11.6 Å². The molecule has 106 valence electrons. The molecule has 1 aliphatic rings. The molecule has 1 atom stereocenters. The van der Waals surface area contributed by atoms with Gasteiger partial charge in [0, 0.05) is 24.5 Å². The Balaban J connectivity index is 1.81. The van der Waals surface area contributed by atoms with Gasteiger partial charge in [0.05, 0.1) is 0 Å². The lowest BCUT2D eigenvalue weighted by molar-refractivity contribution is 0.197. The molecule has 1 aromatic carbocycles. The standard InChI is InChI=1S/C16H24ClNO/c1-11(2)16(3,4)10-18-9-14-8-12-7-13(17)5-6-15(12)19-14/h5-7,11,14,18H,8-10H2,1-4H3. The zero-order valence-electron chi connectivity index (χ0n) is 12.3. The minimum Gasteiger partial charge on any atom is -0.488 e. The van der Waals surface area contributed by atoms with Crippen LogP contribution in [0.4, 0.5) is 0 Å². The highest BCUT2D eigenvalue weighted by molar-refractivity contribution is 6.30. The SMILES string of the molecule is CC(C)C(C)(C)CNCC1Cc2cc(Cl)ccc2O1. The van der Waals surface area contributed by atoms with E-state index < -0.39 is 0 Å². The zero-order chi connectivity index (χ0) is 14.0. The Bertz CT molecular complexity index is 442. The molecule has 2 rings (SSSR count). The lowest BCUT2D eigenvalue weighted by atomic mass is 9.81. The molecule has 0 aromatic heterocycles. The van der Waals surface area contributed by atoms with E-state index in [1.165, 1.54) is 5.56 Å². The largest absolute Gasteiger partial charge is 0.488 e. The lowest BCUT2D eigenvalue weighted by Gasteiger charge is -2.30. The molecular formula is C16H24ClNO. The van der Waals surface area contributed by atoms with Gasteiger partial charge in [-0.25, -0.2) is 0 Å². The summed E-state index contributed by atoms with van der Waals surface area (Å²) < 4.78 is 5.92. The molecule has 1 N–H and O–H groups in total. The summed E-state index contributed by atoms with van der Waals surface area (Å²) in [5.41, 5.74) is 1.54. The summed E-state index contributed by atoms with van der Waals surface area (Å²) in [6.45, 7) is 11.0. The van der Waals surface area contributed by atoms with Gasteiger partial charge >= 0.3 is 0 Å². The lowest BCUT2D eigenvalue weighted by Crippen LogP contribution is -2.38. The topological polar surface area (TPSA) is 21.3 Å². The van der Waals surface area contributed by atoms with Gasteiger partial charge in [-0.15, -0.1) is 0 Å². The number of ether oxygens (including phenoxy) is 1. The van der Waals surface area contributed by atoms with Gasteiger partial charge in [-0.2, -0.15) is 0 Å². The van der Waals surface area contributed by atoms with Gasteiger partial charge in [0.1, 0.15) is 11.9 Å². The van der Waals surface area contributed by atoms with Crippen LogP contribution in [0.3, 0.4) is 0 Å². The third-order valence-electron chi connectivity index (χ3n) is 4.28. The van der Waals surface area contributed by atoms with Gasteiger partial charge in [0.25, 0.3) is 0 Å². The highest BCUT2D eigenvalue weighted by Crippen LogP contribution is 2.31. The van der Waals surface area contributed by atoms with E-state index in [0.29, 0.717) is 11.3 Å². The van der Waals surface area contributed by atoms with Crippen LogP contribution in [0.1, 0.15) is 33.3 Å². The Morgan fingerprint density at radius 1 is 1.42 bits per heavy atom. The number of nitrogens with one attached hydrogen (secondary N) is 1. The fraction of sp³-hybridized carbons (Fsp3) is 0.625. The highest BCUT2D eigenvalue weighted by atomic mass is 35.5. The van der Waals surface area contributed by atoms with Gasteiger partial charge in [-0.1, -0.05) is 39.3 Å². The maximum atomic E-state index is 6.00. The molecule has 0 aliphatic carbocycles. The van der Waals surface area contributed by atoms with Crippen LogP contribution in [0.15, 0.2) is 18.2 Å². The van der Waals surface area contributed by atoms with Crippen molar-refractivity contribution < 1.29 is 4.74 Å². The van der Waals surface area contributed by atoms with Crippen LogP contribution in [0.2, 0.25) is 5.02 Å². The Kier molecular flexibility index (Phi) is 4.42. The van der Waals surface area contributed by atoms with Crippen molar-refractivity contribution in [2.24, 2.45) is 11.3 Å². The van der Waals surface area contributed by atoms with E-state index in [1.54, 1.807) is 0 Å². The van der Waals surface area contributed by atoms with Crippen LogP contribution in [0.5, 0.6) is 5.75 Å². The summed E-state index contributed by atoms with van der Waals surface area (Å²) in [6.07, 6.45) is 1.18. The van der Waals surface area contributed by atoms with E-state index in [4.69, 9.17) is 16.3 Å². The summed E-state index contributed by atoms with van der Waals surface area (Å²) >= 11 is 6.00. The van der Waals surface area contributed by atoms with Crippen LogP contribution < -0.4 is 10.1 Å². The van der Waals surface area contributed by atoms with Crippen molar-refractivity contribution in [1.29, 1.82) is 0 Å². The Hall–Kier alpha value is -0.730. The fourth-order valence-electron chi connectivity index (χ4n) is 2.16. The molecule has 3 heteroatoms. The van der Waals surface area contributed by atoms with E-state index in [0.717, 1.165) is 30.3 Å². The Morgan fingerprint density at radius 2 is 2.16 bits per heavy atom. The molecule has 1 heterocycles. The van der Waals surface area contributed by atoms with Gasteiger partial charge in [-0.3, -0.25) is 0 Å². The van der Waals surface area contributed by atoms with E-state index in [1.807, 2.05) is 18.2 Å². The van der Waals surface area contributed by atoms with Crippen LogP contribution in [0, 0.1) is 11.3 Å². The van der Waals surface area contributed by atoms with Crippen molar-refractivity contribution in [3.8, 4) is 5.75 Å². The summed E-state index contributed by atoms with van der Waals surface area (Å²) in [4.78, 5) is 0. The Morgan fingerprint density at radius 3 is 2.84 bits per heavy atom. The van der Waals surface area contributed by atoms with Crippen LogP contribution in [-0.2, 0) is 6.42 Å². The first kappa shape index (κ1) is 14.7. The average molecular weight is 282 g/mol. The van der Waals surface area contributed by atoms with Gasteiger partial charge in [0.2, 0.25) is 0 Å². The minimum atomic E-state index is 0.233. The molecule has 1 unspecified atom stereocenters. The molecule has 1 aromatic rings. The number of hydrogen-bond donors (Lipinski definition) is 1. The first-order chi connectivity index (χ1) is 8.88. The van der Waals surface area contributed by atoms with Crippen molar-refractivity contribution in [1.82, 2.24) is 5.32 Å². The van der Waals surface area contributed by atoms with E-state index in [2.05, 4.69) is 33.0 Å². The minimum absolute atomic E-state index is 0.233. The van der Waals surface area contributed by atoms with Crippen molar-refractivity contribution in [3.63, 3.8) is 0 Å². The molecule has 0 fully saturated rings.